The van der Waals surface area contributed by atoms with Crippen LogP contribution < -0.4 is 0 Å². The number of hydrogen-bond acceptors (Lipinski definition) is 6. The molecule has 2 heterocycles. The first-order valence-corrected chi connectivity index (χ1v) is 10.0. The quantitative estimate of drug-likeness (QED) is 0.450. The fraction of sp³-hybridized carbons (Fsp3) is 0.300. The lowest BCUT2D eigenvalue weighted by atomic mass is 10.1. The van der Waals surface area contributed by atoms with Crippen LogP contribution in [0.4, 0.5) is 5.69 Å². The summed E-state index contributed by atoms with van der Waals surface area (Å²) in [6.45, 7) is 3.43. The summed E-state index contributed by atoms with van der Waals surface area (Å²) < 4.78 is 1.35. The van der Waals surface area contributed by atoms with Crippen LogP contribution in [0.25, 0.3) is 0 Å². The van der Waals surface area contributed by atoms with E-state index in [4.69, 9.17) is 0 Å². The molecule has 0 saturated carbocycles. The van der Waals surface area contributed by atoms with Gasteiger partial charge in [-0.2, -0.15) is 16.4 Å². The molecule has 1 N–H and O–H groups in total. The second kappa shape index (κ2) is 8.97. The third-order valence-electron chi connectivity index (χ3n) is 4.70. The molecule has 0 bridgehead atoms. The summed E-state index contributed by atoms with van der Waals surface area (Å²) in [6.07, 6.45) is -0.816. The van der Waals surface area contributed by atoms with E-state index in [1.54, 1.807) is 18.7 Å². The highest BCUT2D eigenvalue weighted by atomic mass is 32.1. The summed E-state index contributed by atoms with van der Waals surface area (Å²) >= 11 is 1.48. The van der Waals surface area contributed by atoms with Crippen LogP contribution in [0.15, 0.2) is 47.2 Å². The number of nitro groups is 1. The van der Waals surface area contributed by atoms with Crippen molar-refractivity contribution < 1.29 is 14.8 Å². The van der Waals surface area contributed by atoms with Gasteiger partial charge < -0.3 is 10.0 Å². The number of carbonyl (C=O) groups excluding carboxylic acids is 1. The van der Waals surface area contributed by atoms with Crippen LogP contribution in [-0.2, 0) is 17.9 Å². The second-order valence-electron chi connectivity index (χ2n) is 6.77. The smallest absolute Gasteiger partial charge is 0.312 e. The van der Waals surface area contributed by atoms with Gasteiger partial charge in [-0.3, -0.25) is 19.6 Å². The number of aliphatic hydroxyl groups is 1. The van der Waals surface area contributed by atoms with Crippen LogP contribution in [0.5, 0.6) is 0 Å². The first-order valence-electron chi connectivity index (χ1n) is 9.07. The van der Waals surface area contributed by atoms with Gasteiger partial charge in [0.25, 0.3) is 0 Å². The Labute approximate surface area is 172 Å². The Kier molecular flexibility index (Phi) is 6.40. The molecule has 9 heteroatoms. The normalized spacial score (nSPS) is 12.0. The number of benzene rings is 1. The van der Waals surface area contributed by atoms with Crippen molar-refractivity contribution in [3.05, 3.63) is 79.8 Å². The van der Waals surface area contributed by atoms with Crippen molar-refractivity contribution in [2.24, 2.45) is 0 Å². The molecule has 0 aliphatic rings. The highest BCUT2D eigenvalue weighted by molar-refractivity contribution is 7.07. The molecule has 3 aromatic rings. The largest absolute Gasteiger partial charge is 0.387 e. The van der Waals surface area contributed by atoms with Crippen LogP contribution in [-0.4, -0.2) is 37.2 Å². The van der Waals surface area contributed by atoms with Gasteiger partial charge >= 0.3 is 5.69 Å². The molecule has 1 atom stereocenters. The Morgan fingerprint density at radius 3 is 2.62 bits per heavy atom. The van der Waals surface area contributed by atoms with Crippen molar-refractivity contribution in [3.8, 4) is 0 Å². The van der Waals surface area contributed by atoms with E-state index in [9.17, 15) is 20.0 Å². The van der Waals surface area contributed by atoms with Crippen molar-refractivity contribution in [1.82, 2.24) is 14.7 Å². The third-order valence-corrected chi connectivity index (χ3v) is 5.40. The Balaban J connectivity index is 1.82. The monoisotopic (exact) mass is 414 g/mol. The lowest BCUT2D eigenvalue weighted by molar-refractivity contribution is -0.386. The second-order valence-corrected chi connectivity index (χ2v) is 7.55. The number of thiophene rings is 1. The Morgan fingerprint density at radius 1 is 1.31 bits per heavy atom. The number of carbonyl (C=O) groups is 1. The van der Waals surface area contributed by atoms with E-state index in [1.807, 2.05) is 47.2 Å². The zero-order valence-electron chi connectivity index (χ0n) is 16.2. The molecule has 0 aliphatic carbocycles. The molecular weight excluding hydrogens is 392 g/mol. The van der Waals surface area contributed by atoms with Crippen molar-refractivity contribution in [2.75, 3.05) is 6.54 Å². The van der Waals surface area contributed by atoms with E-state index in [0.29, 0.717) is 12.2 Å². The van der Waals surface area contributed by atoms with Gasteiger partial charge in [0.1, 0.15) is 17.9 Å². The average Bonchev–Trinajstić information content (AvgIpc) is 3.30. The molecule has 1 aromatic carbocycles. The van der Waals surface area contributed by atoms with E-state index in [0.717, 1.165) is 11.1 Å². The maximum atomic E-state index is 13.1. The number of nitrogens with zero attached hydrogens (tertiary/aromatic N) is 4. The Hall–Kier alpha value is -3.04. The van der Waals surface area contributed by atoms with Crippen LogP contribution in [0.2, 0.25) is 0 Å². The summed E-state index contributed by atoms with van der Waals surface area (Å²) in [5.74, 6) is -0.274. The number of rotatable bonds is 8. The molecule has 0 unspecified atom stereocenters. The molecule has 2 aromatic heterocycles. The SMILES string of the molecule is Cc1nn(CC(=O)N(Cc2ccccc2)C[C@@H](O)c2ccsc2)c(C)c1[N+](=O)[O-]. The van der Waals surface area contributed by atoms with Crippen LogP contribution in [0.3, 0.4) is 0 Å². The van der Waals surface area contributed by atoms with Gasteiger partial charge in [0, 0.05) is 6.54 Å². The van der Waals surface area contributed by atoms with E-state index in [-0.39, 0.29) is 30.4 Å². The Bertz CT molecular complexity index is 986. The fourth-order valence-electron chi connectivity index (χ4n) is 3.17. The summed E-state index contributed by atoms with van der Waals surface area (Å²) in [7, 11) is 0. The van der Waals surface area contributed by atoms with Crippen LogP contribution >= 0.6 is 11.3 Å². The molecule has 0 aliphatic heterocycles. The maximum Gasteiger partial charge on any atom is 0.312 e. The number of aryl methyl sites for hydroxylation is 1. The molecular formula is C20H22N4O4S. The van der Waals surface area contributed by atoms with Gasteiger partial charge in [0.2, 0.25) is 5.91 Å². The predicted octanol–water partition coefficient (Wildman–Crippen LogP) is 3.23. The first-order chi connectivity index (χ1) is 13.9. The topological polar surface area (TPSA) is 102 Å². The number of hydrogen-bond donors (Lipinski definition) is 1. The average molecular weight is 414 g/mol. The molecule has 8 nitrogen and oxygen atoms in total. The summed E-state index contributed by atoms with van der Waals surface area (Å²) in [4.78, 5) is 25.3. The lowest BCUT2D eigenvalue weighted by Gasteiger charge is -2.25. The molecule has 29 heavy (non-hydrogen) atoms. The van der Waals surface area contributed by atoms with Gasteiger partial charge in [0.05, 0.1) is 17.6 Å². The number of amides is 1. The Morgan fingerprint density at radius 2 is 2.03 bits per heavy atom. The fourth-order valence-corrected chi connectivity index (χ4v) is 3.88. The molecule has 3 rings (SSSR count). The maximum absolute atomic E-state index is 13.1. The molecule has 0 radical (unpaired) electrons. The molecule has 1 amide bonds. The van der Waals surface area contributed by atoms with E-state index < -0.39 is 11.0 Å². The van der Waals surface area contributed by atoms with Gasteiger partial charge in [-0.1, -0.05) is 30.3 Å². The first kappa shape index (κ1) is 20.7. The van der Waals surface area contributed by atoms with Gasteiger partial charge in [-0.15, -0.1) is 0 Å². The van der Waals surface area contributed by atoms with Crippen molar-refractivity contribution in [3.63, 3.8) is 0 Å². The third kappa shape index (κ3) is 4.87. The van der Waals surface area contributed by atoms with Crippen LogP contribution in [0, 0.1) is 24.0 Å². The van der Waals surface area contributed by atoms with Gasteiger partial charge in [-0.05, 0) is 41.8 Å². The zero-order valence-corrected chi connectivity index (χ0v) is 17.0. The summed E-state index contributed by atoms with van der Waals surface area (Å²) in [5, 5.41) is 29.6. The minimum Gasteiger partial charge on any atom is -0.387 e. The van der Waals surface area contributed by atoms with Gasteiger partial charge in [-0.25, -0.2) is 0 Å². The molecule has 152 valence electrons. The molecule has 0 fully saturated rings. The zero-order chi connectivity index (χ0) is 21.0. The minimum absolute atomic E-state index is 0.0780. The number of aromatic nitrogens is 2. The van der Waals surface area contributed by atoms with E-state index >= 15 is 0 Å². The van der Waals surface area contributed by atoms with Crippen molar-refractivity contribution >= 4 is 22.9 Å². The van der Waals surface area contributed by atoms with Crippen LogP contribution in [0.1, 0.15) is 28.6 Å². The summed E-state index contributed by atoms with van der Waals surface area (Å²) in [5.41, 5.74) is 2.21. The van der Waals surface area contributed by atoms with E-state index in [2.05, 4.69) is 5.10 Å². The molecule has 0 spiro atoms. The highest BCUT2D eigenvalue weighted by Crippen LogP contribution is 2.23. The van der Waals surface area contributed by atoms with Crippen molar-refractivity contribution in [1.29, 1.82) is 0 Å². The lowest BCUT2D eigenvalue weighted by Crippen LogP contribution is -2.37. The van der Waals surface area contributed by atoms with Gasteiger partial charge in [0.15, 0.2) is 0 Å². The standard InChI is InChI=1S/C20H22N4O4S/c1-14-20(24(27)28)15(2)23(21-14)12-19(26)22(10-16-6-4-3-5-7-16)11-18(25)17-8-9-29-13-17/h3-9,13,18,25H,10-12H2,1-2H3/t18-/m1/s1. The number of aliphatic hydroxyl groups excluding tert-OH is 1. The minimum atomic E-state index is -0.816. The highest BCUT2D eigenvalue weighted by Gasteiger charge is 2.25. The summed E-state index contributed by atoms with van der Waals surface area (Å²) in [6, 6.07) is 11.3. The van der Waals surface area contributed by atoms with Crippen molar-refractivity contribution in [2.45, 2.75) is 33.0 Å². The van der Waals surface area contributed by atoms with E-state index in [1.165, 1.54) is 16.0 Å². The molecule has 0 saturated heterocycles. The predicted molar refractivity (Wildman–Crippen MR) is 109 cm³/mol.